The smallest absolute Gasteiger partial charge is 0.422 e. The molecule has 22 heavy (non-hydrogen) atoms. The summed E-state index contributed by atoms with van der Waals surface area (Å²) >= 11 is 1.81. The second-order valence-corrected chi connectivity index (χ2v) is 6.06. The molecule has 122 valence electrons. The maximum atomic E-state index is 12.0. The van der Waals surface area contributed by atoms with Crippen molar-refractivity contribution in [2.75, 3.05) is 30.0 Å². The van der Waals surface area contributed by atoms with E-state index in [0.29, 0.717) is 12.1 Å². The van der Waals surface area contributed by atoms with E-state index >= 15 is 0 Å². The van der Waals surface area contributed by atoms with Gasteiger partial charge >= 0.3 is 6.18 Å². The Labute approximate surface area is 130 Å². The van der Waals surface area contributed by atoms with Crippen molar-refractivity contribution in [1.82, 2.24) is 5.32 Å². The zero-order chi connectivity index (χ0) is 16.0. The average Bonchev–Trinajstić information content (AvgIpc) is 2.47. The van der Waals surface area contributed by atoms with Gasteiger partial charge in [-0.1, -0.05) is 0 Å². The van der Waals surface area contributed by atoms with Crippen LogP contribution in [0, 0.1) is 0 Å². The van der Waals surface area contributed by atoms with Crippen LogP contribution in [0.25, 0.3) is 0 Å². The molecule has 1 heterocycles. The van der Waals surface area contributed by atoms with E-state index in [1.165, 1.54) is 24.3 Å². The van der Waals surface area contributed by atoms with Gasteiger partial charge in [0, 0.05) is 36.2 Å². The summed E-state index contributed by atoms with van der Waals surface area (Å²) in [5.41, 5.74) is 0.535. The van der Waals surface area contributed by atoms with E-state index in [-0.39, 0.29) is 17.7 Å². The minimum atomic E-state index is -4.36. The summed E-state index contributed by atoms with van der Waals surface area (Å²) in [4.78, 5) is 11.9. The highest BCUT2D eigenvalue weighted by atomic mass is 32.2. The molecule has 1 amide bonds. The number of carbonyl (C=O) groups is 1. The average molecular weight is 334 g/mol. The van der Waals surface area contributed by atoms with Crippen LogP contribution in [0.4, 0.5) is 18.9 Å². The number of thioether (sulfide) groups is 1. The van der Waals surface area contributed by atoms with Crippen LogP contribution < -0.4 is 15.4 Å². The number of halogens is 3. The number of ether oxygens (including phenoxy) is 1. The van der Waals surface area contributed by atoms with Crippen molar-refractivity contribution in [3.8, 4) is 5.75 Å². The second-order valence-electron chi connectivity index (χ2n) is 4.91. The Morgan fingerprint density at radius 1 is 1.36 bits per heavy atom. The molecular weight excluding hydrogens is 317 g/mol. The predicted octanol–water partition coefficient (Wildman–Crippen LogP) is 2.66. The molecule has 0 aromatic heterocycles. The van der Waals surface area contributed by atoms with Crippen molar-refractivity contribution in [2.24, 2.45) is 0 Å². The summed E-state index contributed by atoms with van der Waals surface area (Å²) < 4.78 is 40.7. The minimum Gasteiger partial charge on any atom is -0.484 e. The highest BCUT2D eigenvalue weighted by molar-refractivity contribution is 7.99. The van der Waals surface area contributed by atoms with Gasteiger partial charge in [0.1, 0.15) is 5.75 Å². The van der Waals surface area contributed by atoms with E-state index in [1.54, 1.807) is 0 Å². The Kier molecular flexibility index (Phi) is 5.96. The van der Waals surface area contributed by atoms with E-state index in [9.17, 15) is 18.0 Å². The summed E-state index contributed by atoms with van der Waals surface area (Å²) in [7, 11) is 0. The number of carbonyl (C=O) groups excluding carboxylic acids is 1. The van der Waals surface area contributed by atoms with Crippen molar-refractivity contribution in [3.05, 3.63) is 24.3 Å². The predicted molar refractivity (Wildman–Crippen MR) is 80.4 cm³/mol. The Bertz CT molecular complexity index is 488. The van der Waals surface area contributed by atoms with E-state index in [4.69, 9.17) is 0 Å². The normalized spacial score (nSPS) is 18.8. The number of amides is 1. The third-order valence-electron chi connectivity index (χ3n) is 2.97. The first-order valence-corrected chi connectivity index (χ1v) is 7.98. The molecule has 1 saturated heterocycles. The van der Waals surface area contributed by atoms with Crippen LogP contribution >= 0.6 is 11.8 Å². The van der Waals surface area contributed by atoms with E-state index in [1.807, 2.05) is 11.8 Å². The van der Waals surface area contributed by atoms with Crippen LogP contribution in [-0.4, -0.2) is 42.8 Å². The van der Waals surface area contributed by atoms with Crippen LogP contribution in [0.15, 0.2) is 24.3 Å². The van der Waals surface area contributed by atoms with Crippen LogP contribution in [0.3, 0.4) is 0 Å². The fraction of sp³-hybridized carbons (Fsp3) is 0.500. The molecule has 0 radical (unpaired) electrons. The lowest BCUT2D eigenvalue weighted by Gasteiger charge is -2.22. The highest BCUT2D eigenvalue weighted by Crippen LogP contribution is 2.20. The Morgan fingerprint density at radius 3 is 2.68 bits per heavy atom. The minimum absolute atomic E-state index is 0.112. The zero-order valence-electron chi connectivity index (χ0n) is 11.8. The molecule has 2 rings (SSSR count). The van der Waals surface area contributed by atoms with Gasteiger partial charge in [-0.3, -0.25) is 4.79 Å². The maximum absolute atomic E-state index is 12.0. The lowest BCUT2D eigenvalue weighted by molar-refractivity contribution is -0.153. The van der Waals surface area contributed by atoms with E-state index in [0.717, 1.165) is 18.1 Å². The molecule has 0 bridgehead atoms. The van der Waals surface area contributed by atoms with Crippen molar-refractivity contribution < 1.29 is 22.7 Å². The molecule has 1 aromatic rings. The Balaban J connectivity index is 1.79. The first kappa shape index (κ1) is 17.0. The van der Waals surface area contributed by atoms with Gasteiger partial charge in [-0.2, -0.15) is 24.9 Å². The summed E-state index contributed by atoms with van der Waals surface area (Å²) in [6.07, 6.45) is -3.99. The van der Waals surface area contributed by atoms with Crippen molar-refractivity contribution in [1.29, 1.82) is 0 Å². The van der Waals surface area contributed by atoms with Gasteiger partial charge in [-0.05, 0) is 24.3 Å². The molecule has 1 atom stereocenters. The van der Waals surface area contributed by atoms with Gasteiger partial charge in [-0.25, -0.2) is 0 Å². The number of rotatable bonds is 5. The largest absolute Gasteiger partial charge is 0.484 e. The third-order valence-corrected chi connectivity index (χ3v) is 4.10. The number of hydrogen-bond acceptors (Lipinski definition) is 4. The van der Waals surface area contributed by atoms with Crippen LogP contribution in [0.5, 0.6) is 5.75 Å². The molecule has 1 aliphatic rings. The Hall–Kier alpha value is -1.41. The molecule has 0 saturated carbocycles. The quantitative estimate of drug-likeness (QED) is 0.869. The number of alkyl halides is 3. The van der Waals surface area contributed by atoms with Crippen LogP contribution in [-0.2, 0) is 4.79 Å². The van der Waals surface area contributed by atoms with Crippen LogP contribution in [0.2, 0.25) is 0 Å². The van der Waals surface area contributed by atoms with Crippen molar-refractivity contribution >= 4 is 23.4 Å². The van der Waals surface area contributed by atoms with Gasteiger partial charge in [0.05, 0.1) is 0 Å². The van der Waals surface area contributed by atoms with Gasteiger partial charge in [0.2, 0.25) is 5.91 Å². The SMILES string of the molecule is O=C(CC1CSCCN1)Nc1ccc(OCC(F)(F)F)cc1. The lowest BCUT2D eigenvalue weighted by atomic mass is 10.2. The monoisotopic (exact) mass is 334 g/mol. The molecule has 1 aromatic carbocycles. The number of hydrogen-bond donors (Lipinski definition) is 2. The maximum Gasteiger partial charge on any atom is 0.422 e. The molecule has 1 fully saturated rings. The van der Waals surface area contributed by atoms with Gasteiger partial charge in [-0.15, -0.1) is 0 Å². The lowest BCUT2D eigenvalue weighted by Crippen LogP contribution is -2.39. The summed E-state index contributed by atoms with van der Waals surface area (Å²) in [5.74, 6) is 1.94. The van der Waals surface area contributed by atoms with Gasteiger partial charge < -0.3 is 15.4 Å². The number of anilines is 1. The first-order valence-electron chi connectivity index (χ1n) is 6.83. The Morgan fingerprint density at radius 2 is 2.09 bits per heavy atom. The zero-order valence-corrected chi connectivity index (χ0v) is 12.6. The molecule has 1 unspecified atom stereocenters. The summed E-state index contributed by atoms with van der Waals surface area (Å²) in [6, 6.07) is 6.00. The van der Waals surface area contributed by atoms with E-state index < -0.39 is 12.8 Å². The van der Waals surface area contributed by atoms with Crippen molar-refractivity contribution in [3.63, 3.8) is 0 Å². The fourth-order valence-corrected chi connectivity index (χ4v) is 2.94. The number of nitrogens with one attached hydrogen (secondary N) is 2. The molecule has 0 spiro atoms. The third kappa shape index (κ3) is 6.15. The molecule has 1 aliphatic heterocycles. The molecule has 0 aliphatic carbocycles. The van der Waals surface area contributed by atoms with Gasteiger partial charge in [0.15, 0.2) is 6.61 Å². The van der Waals surface area contributed by atoms with Gasteiger partial charge in [0.25, 0.3) is 0 Å². The van der Waals surface area contributed by atoms with E-state index in [2.05, 4.69) is 15.4 Å². The first-order chi connectivity index (χ1) is 10.4. The van der Waals surface area contributed by atoms with Crippen LogP contribution in [0.1, 0.15) is 6.42 Å². The molecule has 8 heteroatoms. The van der Waals surface area contributed by atoms with Crippen molar-refractivity contribution in [2.45, 2.75) is 18.6 Å². The molecular formula is C14H17F3N2O2S. The second kappa shape index (κ2) is 7.73. The fourth-order valence-electron chi connectivity index (χ4n) is 1.99. The molecule has 4 nitrogen and oxygen atoms in total. The summed E-state index contributed by atoms with van der Waals surface area (Å²) in [5, 5.41) is 5.99. The molecule has 2 N–H and O–H groups in total. The number of benzene rings is 1. The standard InChI is InChI=1S/C14H17F3N2O2S/c15-14(16,17)9-21-12-3-1-10(2-4-12)19-13(20)7-11-8-22-6-5-18-11/h1-4,11,18H,5-9H2,(H,19,20). The highest BCUT2D eigenvalue weighted by Gasteiger charge is 2.28. The summed E-state index contributed by atoms with van der Waals surface area (Å²) in [6.45, 7) is -0.433. The topological polar surface area (TPSA) is 50.4 Å².